The molecule has 1 atom stereocenters. The molecule has 8 nitrogen and oxygen atoms in total. The van der Waals surface area contributed by atoms with Gasteiger partial charge in [-0.2, -0.15) is 4.72 Å². The van der Waals surface area contributed by atoms with Crippen molar-refractivity contribution >= 4 is 33.3 Å². The molecule has 1 aromatic rings. The van der Waals surface area contributed by atoms with E-state index in [9.17, 15) is 23.3 Å². The molecule has 116 valence electrons. The van der Waals surface area contributed by atoms with Crippen molar-refractivity contribution in [2.45, 2.75) is 24.8 Å². The molecule has 21 heavy (non-hydrogen) atoms. The van der Waals surface area contributed by atoms with E-state index in [1.165, 1.54) is 13.8 Å². The highest BCUT2D eigenvalue weighted by Crippen LogP contribution is 2.27. The zero-order valence-electron chi connectivity index (χ0n) is 11.1. The second-order valence-electron chi connectivity index (χ2n) is 4.55. The van der Waals surface area contributed by atoms with Crippen LogP contribution in [0.2, 0.25) is 5.02 Å². The minimum absolute atomic E-state index is 0.211. The fraction of sp³-hybridized carbons (Fsp3) is 0.364. The molecule has 1 rings (SSSR count). The minimum Gasteiger partial charge on any atom is -0.480 e. The first-order chi connectivity index (χ1) is 9.56. The molecule has 0 saturated heterocycles. The summed E-state index contributed by atoms with van der Waals surface area (Å²) >= 11 is 5.60. The zero-order valence-corrected chi connectivity index (χ0v) is 12.7. The van der Waals surface area contributed by atoms with Crippen LogP contribution in [0.15, 0.2) is 23.1 Å². The molecule has 0 amide bonds. The standard InChI is InChI=1S/C11H13ClN2O6S/c1-6(2)10(11(15)16)13-21(19,20)7-3-4-8(12)9(5-7)14(17)18/h3-6,10,13H,1-2H3,(H,15,16)/t10-/m1/s1. The lowest BCUT2D eigenvalue weighted by Gasteiger charge is -2.17. The van der Waals surface area contributed by atoms with E-state index in [1.54, 1.807) is 0 Å². The maximum atomic E-state index is 12.1. The van der Waals surface area contributed by atoms with Gasteiger partial charge in [-0.3, -0.25) is 14.9 Å². The molecular weight excluding hydrogens is 324 g/mol. The van der Waals surface area contributed by atoms with Crippen molar-refractivity contribution in [1.82, 2.24) is 4.72 Å². The second kappa shape index (κ2) is 6.37. The highest BCUT2D eigenvalue weighted by atomic mass is 35.5. The van der Waals surface area contributed by atoms with Gasteiger partial charge in [-0.05, 0) is 18.1 Å². The number of carboxylic acid groups (broad SMARTS) is 1. The number of aliphatic carboxylic acids is 1. The summed E-state index contributed by atoms with van der Waals surface area (Å²) in [4.78, 5) is 20.5. The maximum absolute atomic E-state index is 12.1. The smallest absolute Gasteiger partial charge is 0.322 e. The van der Waals surface area contributed by atoms with Crippen LogP contribution in [0.5, 0.6) is 0 Å². The van der Waals surface area contributed by atoms with E-state index in [1.807, 2.05) is 4.72 Å². The van der Waals surface area contributed by atoms with Crippen molar-refractivity contribution in [2.75, 3.05) is 0 Å². The van der Waals surface area contributed by atoms with Crippen molar-refractivity contribution in [3.63, 3.8) is 0 Å². The average molecular weight is 337 g/mol. The third-order valence-electron chi connectivity index (χ3n) is 2.64. The van der Waals surface area contributed by atoms with E-state index in [-0.39, 0.29) is 5.02 Å². The van der Waals surface area contributed by atoms with E-state index >= 15 is 0 Å². The third-order valence-corrected chi connectivity index (χ3v) is 4.40. The van der Waals surface area contributed by atoms with Crippen LogP contribution < -0.4 is 4.72 Å². The number of carbonyl (C=O) groups is 1. The molecular formula is C11H13ClN2O6S. The van der Waals surface area contributed by atoms with Gasteiger partial charge in [-0.15, -0.1) is 0 Å². The highest BCUT2D eigenvalue weighted by molar-refractivity contribution is 7.89. The number of nitrogens with one attached hydrogen (secondary N) is 1. The van der Waals surface area contributed by atoms with E-state index in [0.29, 0.717) is 0 Å². The first-order valence-electron chi connectivity index (χ1n) is 5.75. The number of carboxylic acids is 1. The van der Waals surface area contributed by atoms with Gasteiger partial charge in [0, 0.05) is 6.07 Å². The lowest BCUT2D eigenvalue weighted by atomic mass is 10.1. The van der Waals surface area contributed by atoms with E-state index in [0.717, 1.165) is 18.2 Å². The average Bonchev–Trinajstić information content (AvgIpc) is 2.35. The molecule has 0 aliphatic heterocycles. The molecule has 0 aliphatic carbocycles. The van der Waals surface area contributed by atoms with Crippen LogP contribution in [0, 0.1) is 16.0 Å². The molecule has 1 aromatic carbocycles. The fourth-order valence-corrected chi connectivity index (χ4v) is 3.05. The van der Waals surface area contributed by atoms with Gasteiger partial charge >= 0.3 is 5.97 Å². The monoisotopic (exact) mass is 336 g/mol. The summed E-state index contributed by atoms with van der Waals surface area (Å²) in [5.74, 6) is -1.84. The molecule has 0 aromatic heterocycles. The number of rotatable bonds is 6. The van der Waals surface area contributed by atoms with Gasteiger partial charge in [0.15, 0.2) is 0 Å². The number of nitro groups is 1. The van der Waals surface area contributed by atoms with Gasteiger partial charge in [0.05, 0.1) is 9.82 Å². The predicted octanol–water partition coefficient (Wildman–Crippen LogP) is 1.64. The number of benzene rings is 1. The number of hydrogen-bond acceptors (Lipinski definition) is 5. The highest BCUT2D eigenvalue weighted by Gasteiger charge is 2.29. The van der Waals surface area contributed by atoms with Gasteiger partial charge in [0.1, 0.15) is 11.1 Å². The van der Waals surface area contributed by atoms with Crippen LogP contribution in [0.25, 0.3) is 0 Å². The Morgan fingerprint density at radius 1 is 1.43 bits per heavy atom. The molecule has 0 saturated carbocycles. The molecule has 2 N–H and O–H groups in total. The largest absolute Gasteiger partial charge is 0.480 e. The molecule has 0 aliphatic rings. The first kappa shape index (κ1) is 17.3. The summed E-state index contributed by atoms with van der Waals surface area (Å²) in [6, 6.07) is 1.57. The van der Waals surface area contributed by atoms with E-state index in [2.05, 4.69) is 0 Å². The topological polar surface area (TPSA) is 127 Å². The Bertz CT molecular complexity index is 673. The summed E-state index contributed by atoms with van der Waals surface area (Å²) in [6.45, 7) is 3.07. The molecule has 0 spiro atoms. The molecule has 0 radical (unpaired) electrons. The quantitative estimate of drug-likeness (QED) is 0.600. The van der Waals surface area contributed by atoms with E-state index < -0.39 is 43.5 Å². The molecule has 0 fully saturated rings. The Labute approximate surface area is 125 Å². The van der Waals surface area contributed by atoms with Gasteiger partial charge in [0.2, 0.25) is 10.0 Å². The molecule has 0 bridgehead atoms. The number of halogens is 1. The SMILES string of the molecule is CC(C)[C@@H](NS(=O)(=O)c1ccc(Cl)c([N+](=O)[O-])c1)C(=O)O. The summed E-state index contributed by atoms with van der Waals surface area (Å²) in [5, 5.41) is 19.5. The van der Waals surface area contributed by atoms with Crippen LogP contribution in [0.4, 0.5) is 5.69 Å². The molecule has 0 heterocycles. The normalized spacial score (nSPS) is 13.1. The van der Waals surface area contributed by atoms with Crippen LogP contribution in [-0.4, -0.2) is 30.5 Å². The Morgan fingerprint density at radius 3 is 2.43 bits per heavy atom. The second-order valence-corrected chi connectivity index (χ2v) is 6.67. The summed E-state index contributed by atoms with van der Waals surface area (Å²) < 4.78 is 26.2. The molecule has 0 unspecified atom stereocenters. The van der Waals surface area contributed by atoms with Crippen LogP contribution in [-0.2, 0) is 14.8 Å². The van der Waals surface area contributed by atoms with Crippen molar-refractivity contribution in [2.24, 2.45) is 5.92 Å². The van der Waals surface area contributed by atoms with Gasteiger partial charge in [-0.1, -0.05) is 25.4 Å². The van der Waals surface area contributed by atoms with Crippen molar-refractivity contribution < 1.29 is 23.2 Å². The molecule has 10 heteroatoms. The number of sulfonamides is 1. The first-order valence-corrected chi connectivity index (χ1v) is 7.61. The fourth-order valence-electron chi connectivity index (χ4n) is 1.51. The Morgan fingerprint density at radius 2 is 2.00 bits per heavy atom. The van der Waals surface area contributed by atoms with Gasteiger partial charge in [-0.25, -0.2) is 8.42 Å². The lowest BCUT2D eigenvalue weighted by Crippen LogP contribution is -2.44. The zero-order chi connectivity index (χ0) is 16.4. The number of nitrogens with zero attached hydrogens (tertiary/aromatic N) is 1. The Hall–Kier alpha value is -1.71. The Balaban J connectivity index is 3.22. The van der Waals surface area contributed by atoms with Gasteiger partial charge in [0.25, 0.3) is 5.69 Å². The number of hydrogen-bond donors (Lipinski definition) is 2. The van der Waals surface area contributed by atoms with Crippen LogP contribution in [0.3, 0.4) is 0 Å². The van der Waals surface area contributed by atoms with Crippen molar-refractivity contribution in [3.05, 3.63) is 33.3 Å². The summed E-state index contributed by atoms with van der Waals surface area (Å²) in [6.07, 6.45) is 0. The maximum Gasteiger partial charge on any atom is 0.322 e. The predicted molar refractivity (Wildman–Crippen MR) is 74.7 cm³/mol. The Kier molecular flexibility index (Phi) is 5.26. The number of nitro benzene ring substituents is 1. The third kappa shape index (κ3) is 4.13. The summed E-state index contributed by atoms with van der Waals surface area (Å²) in [5.41, 5.74) is -0.573. The minimum atomic E-state index is -4.22. The van der Waals surface area contributed by atoms with Crippen LogP contribution in [0.1, 0.15) is 13.8 Å². The lowest BCUT2D eigenvalue weighted by molar-refractivity contribution is -0.384. The van der Waals surface area contributed by atoms with E-state index in [4.69, 9.17) is 16.7 Å². The van der Waals surface area contributed by atoms with Crippen molar-refractivity contribution in [3.8, 4) is 0 Å². The van der Waals surface area contributed by atoms with Crippen molar-refractivity contribution in [1.29, 1.82) is 0 Å². The van der Waals surface area contributed by atoms with Crippen LogP contribution >= 0.6 is 11.6 Å². The summed E-state index contributed by atoms with van der Waals surface area (Å²) in [7, 11) is -4.22. The van der Waals surface area contributed by atoms with Gasteiger partial charge < -0.3 is 5.11 Å².